The zero-order valence-electron chi connectivity index (χ0n) is 8.85. The standard InChI is InChI=1S/C9H20N2O2/c1-7(9(2,3)13)11-6-5-8(12)10-4/h7,11,13H,5-6H2,1-4H3,(H,10,12). The van der Waals surface area contributed by atoms with E-state index in [2.05, 4.69) is 10.6 Å². The Labute approximate surface area is 79.7 Å². The van der Waals surface area contributed by atoms with Crippen molar-refractivity contribution in [3.8, 4) is 0 Å². The number of rotatable bonds is 5. The Morgan fingerprint density at radius 3 is 2.46 bits per heavy atom. The molecule has 0 aromatic heterocycles. The van der Waals surface area contributed by atoms with Gasteiger partial charge >= 0.3 is 0 Å². The van der Waals surface area contributed by atoms with Crippen LogP contribution in [0.2, 0.25) is 0 Å². The highest BCUT2D eigenvalue weighted by Gasteiger charge is 2.21. The first kappa shape index (κ1) is 12.4. The molecule has 1 unspecified atom stereocenters. The van der Waals surface area contributed by atoms with Crippen LogP contribution in [0.3, 0.4) is 0 Å². The lowest BCUT2D eigenvalue weighted by molar-refractivity contribution is -0.120. The molecule has 0 rings (SSSR count). The average molecular weight is 188 g/mol. The summed E-state index contributed by atoms with van der Waals surface area (Å²) in [6.07, 6.45) is 0.441. The van der Waals surface area contributed by atoms with E-state index in [1.54, 1.807) is 20.9 Å². The first-order valence-electron chi connectivity index (χ1n) is 4.54. The Morgan fingerprint density at radius 2 is 2.08 bits per heavy atom. The molecule has 13 heavy (non-hydrogen) atoms. The molecule has 0 saturated carbocycles. The molecule has 0 heterocycles. The molecule has 0 bridgehead atoms. The van der Waals surface area contributed by atoms with E-state index >= 15 is 0 Å². The Hall–Kier alpha value is -0.610. The fourth-order valence-electron chi connectivity index (χ4n) is 0.777. The van der Waals surface area contributed by atoms with E-state index in [-0.39, 0.29) is 11.9 Å². The SMILES string of the molecule is CNC(=O)CCNC(C)C(C)(C)O. The smallest absolute Gasteiger partial charge is 0.221 e. The highest BCUT2D eigenvalue weighted by molar-refractivity contribution is 5.75. The van der Waals surface area contributed by atoms with Gasteiger partial charge in [-0.25, -0.2) is 0 Å². The van der Waals surface area contributed by atoms with Crippen molar-refractivity contribution in [1.29, 1.82) is 0 Å². The van der Waals surface area contributed by atoms with Crippen LogP contribution in [-0.2, 0) is 4.79 Å². The van der Waals surface area contributed by atoms with Crippen molar-refractivity contribution in [3.63, 3.8) is 0 Å². The van der Waals surface area contributed by atoms with Crippen molar-refractivity contribution >= 4 is 5.91 Å². The minimum atomic E-state index is -0.747. The maximum absolute atomic E-state index is 10.8. The topological polar surface area (TPSA) is 61.4 Å². The Kier molecular flexibility index (Phi) is 4.95. The van der Waals surface area contributed by atoms with Gasteiger partial charge in [0.05, 0.1) is 5.60 Å². The lowest BCUT2D eigenvalue weighted by Crippen LogP contribution is -2.45. The lowest BCUT2D eigenvalue weighted by Gasteiger charge is -2.26. The molecular formula is C9H20N2O2. The molecule has 78 valence electrons. The van der Waals surface area contributed by atoms with Gasteiger partial charge in [-0.05, 0) is 20.8 Å². The predicted molar refractivity (Wildman–Crippen MR) is 52.4 cm³/mol. The monoisotopic (exact) mass is 188 g/mol. The summed E-state index contributed by atoms with van der Waals surface area (Å²) in [4.78, 5) is 10.8. The Morgan fingerprint density at radius 1 is 1.54 bits per heavy atom. The third-order valence-electron chi connectivity index (χ3n) is 2.14. The van der Waals surface area contributed by atoms with Gasteiger partial charge in [0, 0.05) is 26.1 Å². The molecule has 0 aliphatic heterocycles. The fraction of sp³-hybridized carbons (Fsp3) is 0.889. The quantitative estimate of drug-likeness (QED) is 0.563. The summed E-state index contributed by atoms with van der Waals surface area (Å²) in [7, 11) is 1.61. The van der Waals surface area contributed by atoms with Crippen LogP contribution in [0.25, 0.3) is 0 Å². The highest BCUT2D eigenvalue weighted by atomic mass is 16.3. The van der Waals surface area contributed by atoms with E-state index in [4.69, 9.17) is 0 Å². The molecule has 4 heteroatoms. The van der Waals surface area contributed by atoms with Gasteiger partial charge in [-0.2, -0.15) is 0 Å². The van der Waals surface area contributed by atoms with Gasteiger partial charge in [0.25, 0.3) is 0 Å². The van der Waals surface area contributed by atoms with Gasteiger partial charge < -0.3 is 15.7 Å². The van der Waals surface area contributed by atoms with Crippen LogP contribution in [0.15, 0.2) is 0 Å². The molecule has 0 radical (unpaired) electrons. The summed E-state index contributed by atoms with van der Waals surface area (Å²) < 4.78 is 0. The van der Waals surface area contributed by atoms with Gasteiger partial charge in [0.1, 0.15) is 0 Å². The lowest BCUT2D eigenvalue weighted by atomic mass is 10.0. The first-order valence-corrected chi connectivity index (χ1v) is 4.54. The number of amides is 1. The number of carbonyl (C=O) groups is 1. The summed E-state index contributed by atoms with van der Waals surface area (Å²) in [6.45, 7) is 5.96. The molecule has 0 saturated heterocycles. The average Bonchev–Trinajstić information content (AvgIpc) is 2.02. The summed E-state index contributed by atoms with van der Waals surface area (Å²) in [6, 6.07) is -0.0165. The van der Waals surface area contributed by atoms with Crippen LogP contribution in [0.5, 0.6) is 0 Å². The van der Waals surface area contributed by atoms with Gasteiger partial charge in [0.15, 0.2) is 0 Å². The molecule has 3 N–H and O–H groups in total. The summed E-state index contributed by atoms with van der Waals surface area (Å²) in [5.41, 5.74) is -0.747. The molecule has 0 aliphatic carbocycles. The van der Waals surface area contributed by atoms with Crippen molar-refractivity contribution in [2.45, 2.75) is 38.8 Å². The molecule has 0 aromatic rings. The van der Waals surface area contributed by atoms with Crippen LogP contribution in [0.1, 0.15) is 27.2 Å². The minimum Gasteiger partial charge on any atom is -0.389 e. The van der Waals surface area contributed by atoms with Crippen LogP contribution in [0.4, 0.5) is 0 Å². The molecule has 4 nitrogen and oxygen atoms in total. The van der Waals surface area contributed by atoms with Crippen molar-refractivity contribution in [1.82, 2.24) is 10.6 Å². The second-order valence-corrected chi connectivity index (χ2v) is 3.75. The Balaban J connectivity index is 3.60. The molecule has 1 amide bonds. The molecule has 0 fully saturated rings. The van der Waals surface area contributed by atoms with Crippen LogP contribution in [-0.4, -0.2) is 36.2 Å². The molecule has 0 spiro atoms. The number of hydrogen-bond acceptors (Lipinski definition) is 3. The molecule has 0 aliphatic rings. The maximum Gasteiger partial charge on any atom is 0.221 e. The predicted octanol–water partition coefficient (Wildman–Crippen LogP) is -0.128. The van der Waals surface area contributed by atoms with Crippen molar-refractivity contribution in [3.05, 3.63) is 0 Å². The number of carbonyl (C=O) groups excluding carboxylic acids is 1. The summed E-state index contributed by atoms with van der Waals surface area (Å²) in [5.74, 6) is 0.00967. The van der Waals surface area contributed by atoms with Crippen molar-refractivity contribution in [2.75, 3.05) is 13.6 Å². The van der Waals surface area contributed by atoms with Gasteiger partial charge in [-0.15, -0.1) is 0 Å². The van der Waals surface area contributed by atoms with Gasteiger partial charge in [-0.1, -0.05) is 0 Å². The van der Waals surface area contributed by atoms with Crippen LogP contribution in [0, 0.1) is 0 Å². The second-order valence-electron chi connectivity index (χ2n) is 3.75. The van der Waals surface area contributed by atoms with E-state index in [1.165, 1.54) is 0 Å². The van der Waals surface area contributed by atoms with Crippen LogP contribution < -0.4 is 10.6 Å². The Bertz CT molecular complexity index is 163. The van der Waals surface area contributed by atoms with E-state index in [0.29, 0.717) is 13.0 Å². The maximum atomic E-state index is 10.8. The largest absolute Gasteiger partial charge is 0.389 e. The van der Waals surface area contributed by atoms with Crippen molar-refractivity contribution < 1.29 is 9.90 Å². The second kappa shape index (κ2) is 5.19. The van der Waals surface area contributed by atoms with Crippen LogP contribution >= 0.6 is 0 Å². The highest BCUT2D eigenvalue weighted by Crippen LogP contribution is 2.06. The van der Waals surface area contributed by atoms with E-state index in [1.807, 2.05) is 6.92 Å². The number of nitrogens with one attached hydrogen (secondary N) is 2. The van der Waals surface area contributed by atoms with Gasteiger partial charge in [0.2, 0.25) is 5.91 Å². The fourth-order valence-corrected chi connectivity index (χ4v) is 0.777. The third kappa shape index (κ3) is 5.60. The zero-order valence-corrected chi connectivity index (χ0v) is 8.85. The number of aliphatic hydroxyl groups is 1. The van der Waals surface area contributed by atoms with Gasteiger partial charge in [-0.3, -0.25) is 4.79 Å². The molecular weight excluding hydrogens is 168 g/mol. The van der Waals surface area contributed by atoms with E-state index in [0.717, 1.165) is 0 Å². The van der Waals surface area contributed by atoms with E-state index in [9.17, 15) is 9.90 Å². The normalized spacial score (nSPS) is 13.9. The summed E-state index contributed by atoms with van der Waals surface area (Å²) in [5, 5.41) is 15.2. The molecule has 1 atom stereocenters. The number of hydrogen-bond donors (Lipinski definition) is 3. The van der Waals surface area contributed by atoms with Crippen molar-refractivity contribution in [2.24, 2.45) is 0 Å². The summed E-state index contributed by atoms with van der Waals surface area (Å²) >= 11 is 0. The minimum absolute atomic E-state index is 0.00967. The van der Waals surface area contributed by atoms with E-state index < -0.39 is 5.60 Å². The first-order chi connectivity index (χ1) is 5.88. The zero-order chi connectivity index (χ0) is 10.5. The third-order valence-corrected chi connectivity index (χ3v) is 2.14. The molecule has 0 aromatic carbocycles.